The Balaban J connectivity index is 1.67. The molecule has 0 radical (unpaired) electrons. The van der Waals surface area contributed by atoms with Crippen LogP contribution in [0, 0.1) is 0 Å². The van der Waals surface area contributed by atoms with Crippen molar-refractivity contribution in [2.75, 3.05) is 25.1 Å². The van der Waals surface area contributed by atoms with Gasteiger partial charge in [0.25, 0.3) is 11.5 Å². The van der Waals surface area contributed by atoms with Gasteiger partial charge in [-0.15, -0.1) is 0 Å². The van der Waals surface area contributed by atoms with E-state index in [0.717, 1.165) is 16.9 Å². The van der Waals surface area contributed by atoms with Gasteiger partial charge in [-0.1, -0.05) is 42.5 Å². The molecule has 0 saturated carbocycles. The molecule has 35 heavy (non-hydrogen) atoms. The van der Waals surface area contributed by atoms with Crippen molar-refractivity contribution in [1.82, 2.24) is 14.9 Å². The van der Waals surface area contributed by atoms with Gasteiger partial charge in [0.1, 0.15) is 5.75 Å². The summed E-state index contributed by atoms with van der Waals surface area (Å²) in [7, 11) is 1.61. The molecular weight excluding hydrogens is 440 g/mol. The minimum atomic E-state index is -0.227. The van der Waals surface area contributed by atoms with E-state index in [1.54, 1.807) is 29.9 Å². The molecule has 7 heteroatoms. The number of hydrogen-bond acceptors (Lipinski definition) is 5. The van der Waals surface area contributed by atoms with Crippen molar-refractivity contribution in [2.24, 2.45) is 0 Å². The van der Waals surface area contributed by atoms with Crippen molar-refractivity contribution >= 4 is 22.8 Å². The van der Waals surface area contributed by atoms with Gasteiger partial charge in [-0.3, -0.25) is 14.2 Å². The van der Waals surface area contributed by atoms with E-state index in [2.05, 4.69) is 10.2 Å². The maximum Gasteiger partial charge on any atom is 0.263 e. The zero-order valence-corrected chi connectivity index (χ0v) is 20.3. The lowest BCUT2D eigenvalue weighted by atomic mass is 10.1. The maximum atomic E-state index is 13.5. The van der Waals surface area contributed by atoms with Crippen LogP contribution in [-0.2, 0) is 13.1 Å². The second-order valence-corrected chi connectivity index (χ2v) is 8.23. The van der Waals surface area contributed by atoms with Crippen LogP contribution in [0.4, 0.5) is 5.95 Å². The second kappa shape index (κ2) is 10.9. The van der Waals surface area contributed by atoms with E-state index in [4.69, 9.17) is 9.72 Å². The molecule has 1 N–H and O–H groups in total. The lowest BCUT2D eigenvalue weighted by Gasteiger charge is -2.24. The molecule has 1 heterocycles. The first-order chi connectivity index (χ1) is 17.0. The molecule has 0 unspecified atom stereocenters. The lowest BCUT2D eigenvalue weighted by Crippen LogP contribution is -2.33. The van der Waals surface area contributed by atoms with E-state index in [0.29, 0.717) is 48.6 Å². The second-order valence-electron chi connectivity index (χ2n) is 8.23. The molecule has 180 valence electrons. The fourth-order valence-corrected chi connectivity index (χ4v) is 4.07. The first-order valence-corrected chi connectivity index (χ1v) is 11.8. The number of hydrogen-bond donors (Lipinski definition) is 1. The predicted octanol–water partition coefficient (Wildman–Crippen LogP) is 4.23. The summed E-state index contributed by atoms with van der Waals surface area (Å²) in [5.41, 5.74) is 2.81. The Kier molecular flexibility index (Phi) is 7.45. The molecule has 1 amide bonds. The van der Waals surface area contributed by atoms with Crippen LogP contribution in [0.3, 0.4) is 0 Å². The molecule has 4 rings (SSSR count). The van der Waals surface area contributed by atoms with Crippen molar-refractivity contribution in [3.8, 4) is 5.75 Å². The summed E-state index contributed by atoms with van der Waals surface area (Å²) in [6.45, 7) is 6.29. The van der Waals surface area contributed by atoms with Crippen LogP contribution in [0.15, 0.2) is 77.6 Å². The number of rotatable bonds is 9. The summed E-state index contributed by atoms with van der Waals surface area (Å²) >= 11 is 0. The number of amides is 1. The van der Waals surface area contributed by atoms with Crippen LogP contribution < -0.4 is 20.5 Å². The smallest absolute Gasteiger partial charge is 0.263 e. The third kappa shape index (κ3) is 5.35. The summed E-state index contributed by atoms with van der Waals surface area (Å²) in [6, 6.07) is 22.5. The molecule has 1 aromatic heterocycles. The number of nitrogens with zero attached hydrogens (tertiary/aromatic N) is 3. The van der Waals surface area contributed by atoms with Crippen molar-refractivity contribution in [3.05, 3.63) is 99.8 Å². The number of anilines is 1. The number of carbonyl (C=O) groups excluding carboxylic acids is 1. The highest BCUT2D eigenvalue weighted by Crippen LogP contribution is 2.19. The SMILES string of the molecule is CCN(CC)c1nc2cc(C(=O)NCc3cccc(OC)c3)ccc2c(=O)n1Cc1ccccc1. The van der Waals surface area contributed by atoms with Crippen molar-refractivity contribution in [2.45, 2.75) is 26.9 Å². The van der Waals surface area contributed by atoms with Crippen LogP contribution in [0.2, 0.25) is 0 Å². The Morgan fingerprint density at radius 3 is 2.43 bits per heavy atom. The topological polar surface area (TPSA) is 76.5 Å². The molecule has 0 bridgehead atoms. The molecule has 0 atom stereocenters. The van der Waals surface area contributed by atoms with Crippen LogP contribution in [0.25, 0.3) is 10.9 Å². The van der Waals surface area contributed by atoms with Gasteiger partial charge in [0.05, 0.1) is 24.6 Å². The van der Waals surface area contributed by atoms with E-state index < -0.39 is 0 Å². The fraction of sp³-hybridized carbons (Fsp3) is 0.250. The number of nitrogens with one attached hydrogen (secondary N) is 1. The number of methoxy groups -OCH3 is 1. The number of fused-ring (bicyclic) bond motifs is 1. The average Bonchev–Trinajstić information content (AvgIpc) is 2.90. The molecule has 3 aromatic carbocycles. The summed E-state index contributed by atoms with van der Waals surface area (Å²) in [5, 5.41) is 3.42. The highest BCUT2D eigenvalue weighted by Gasteiger charge is 2.17. The molecule has 0 aliphatic heterocycles. The molecule has 7 nitrogen and oxygen atoms in total. The molecule has 0 fully saturated rings. The summed E-state index contributed by atoms with van der Waals surface area (Å²) in [5.74, 6) is 1.11. The summed E-state index contributed by atoms with van der Waals surface area (Å²) in [6.07, 6.45) is 0. The van der Waals surface area contributed by atoms with Gasteiger partial charge >= 0.3 is 0 Å². The number of aromatic nitrogens is 2. The van der Waals surface area contributed by atoms with E-state index in [9.17, 15) is 9.59 Å². The Hall–Kier alpha value is -4.13. The van der Waals surface area contributed by atoms with Gasteiger partial charge in [-0.25, -0.2) is 4.98 Å². The molecule has 4 aromatic rings. The number of ether oxygens (including phenoxy) is 1. The van der Waals surface area contributed by atoms with Gasteiger partial charge in [-0.05, 0) is 55.3 Å². The van der Waals surface area contributed by atoms with Gasteiger partial charge in [-0.2, -0.15) is 0 Å². The van der Waals surface area contributed by atoms with E-state index >= 15 is 0 Å². The highest BCUT2D eigenvalue weighted by molar-refractivity contribution is 5.97. The van der Waals surface area contributed by atoms with E-state index in [1.165, 1.54) is 0 Å². The third-order valence-corrected chi connectivity index (χ3v) is 6.01. The van der Waals surface area contributed by atoms with Crippen LogP contribution in [0.1, 0.15) is 35.3 Å². The lowest BCUT2D eigenvalue weighted by molar-refractivity contribution is 0.0951. The quantitative estimate of drug-likeness (QED) is 0.396. The van der Waals surface area contributed by atoms with Crippen LogP contribution >= 0.6 is 0 Å². The van der Waals surface area contributed by atoms with Gasteiger partial charge in [0.15, 0.2) is 0 Å². The average molecular weight is 471 g/mol. The monoisotopic (exact) mass is 470 g/mol. The molecule has 0 aliphatic carbocycles. The minimum absolute atomic E-state index is 0.121. The van der Waals surface area contributed by atoms with E-state index in [1.807, 2.05) is 68.4 Å². The predicted molar refractivity (Wildman–Crippen MR) is 139 cm³/mol. The first kappa shape index (κ1) is 24.0. The van der Waals surface area contributed by atoms with Crippen molar-refractivity contribution in [1.29, 1.82) is 0 Å². The maximum absolute atomic E-state index is 13.5. The first-order valence-electron chi connectivity index (χ1n) is 11.8. The Bertz CT molecular complexity index is 1380. The van der Waals surface area contributed by atoms with Crippen LogP contribution in [0.5, 0.6) is 5.75 Å². The standard InChI is InChI=1S/C28H30N4O3/c1-4-31(5-2)28-30-25-17-22(26(33)29-18-21-12-9-13-23(16-21)35-3)14-15-24(25)27(34)32(28)19-20-10-7-6-8-11-20/h6-17H,4-5,18-19H2,1-3H3,(H,29,33). The molecule has 0 aliphatic rings. The normalized spacial score (nSPS) is 10.8. The van der Waals surface area contributed by atoms with Crippen molar-refractivity contribution < 1.29 is 9.53 Å². The molecular formula is C28H30N4O3. The Morgan fingerprint density at radius 2 is 1.71 bits per heavy atom. The van der Waals surface area contributed by atoms with Crippen LogP contribution in [-0.4, -0.2) is 35.7 Å². The Morgan fingerprint density at radius 1 is 0.971 bits per heavy atom. The fourth-order valence-electron chi connectivity index (χ4n) is 4.07. The van der Waals surface area contributed by atoms with Gasteiger partial charge in [0, 0.05) is 25.2 Å². The molecule has 0 saturated heterocycles. The Labute approximate surface area is 205 Å². The highest BCUT2D eigenvalue weighted by atomic mass is 16.5. The third-order valence-electron chi connectivity index (χ3n) is 6.01. The zero-order chi connectivity index (χ0) is 24.8. The van der Waals surface area contributed by atoms with Crippen molar-refractivity contribution in [3.63, 3.8) is 0 Å². The summed E-state index contributed by atoms with van der Waals surface area (Å²) < 4.78 is 6.96. The number of carbonyl (C=O) groups is 1. The van der Waals surface area contributed by atoms with E-state index in [-0.39, 0.29) is 11.5 Å². The number of benzene rings is 3. The molecule has 0 spiro atoms. The minimum Gasteiger partial charge on any atom is -0.497 e. The zero-order valence-electron chi connectivity index (χ0n) is 20.3. The largest absolute Gasteiger partial charge is 0.497 e. The van der Waals surface area contributed by atoms with Gasteiger partial charge < -0.3 is 15.0 Å². The summed E-state index contributed by atoms with van der Waals surface area (Å²) in [4.78, 5) is 33.3. The van der Waals surface area contributed by atoms with Gasteiger partial charge in [0.2, 0.25) is 5.95 Å².